The van der Waals surface area contributed by atoms with Crippen LogP contribution in [0.15, 0.2) is 22.0 Å². The van der Waals surface area contributed by atoms with Gasteiger partial charge in [-0.15, -0.1) is 0 Å². The average Bonchev–Trinajstić information content (AvgIpc) is 2.84. The number of nitrogens with one attached hydrogen (secondary N) is 2. The number of nitrogens with zero attached hydrogens (tertiary/aromatic N) is 3. The van der Waals surface area contributed by atoms with E-state index in [2.05, 4.69) is 15.4 Å². The van der Waals surface area contributed by atoms with Gasteiger partial charge in [-0.3, -0.25) is 19.0 Å². The molecule has 2 rings (SSSR count). The highest BCUT2D eigenvalue weighted by Gasteiger charge is 2.12. The zero-order valence-electron chi connectivity index (χ0n) is 11.9. The Bertz CT molecular complexity index is 729. The number of aromatic amines is 1. The molecule has 0 fully saturated rings. The summed E-state index contributed by atoms with van der Waals surface area (Å²) in [5.41, 5.74) is 5.85. The molecular formula is C12H18N6O3. The minimum atomic E-state index is -0.554. The molecule has 0 amide bonds. The van der Waals surface area contributed by atoms with Gasteiger partial charge < -0.3 is 15.8 Å². The van der Waals surface area contributed by atoms with Gasteiger partial charge in [0.2, 0.25) is 0 Å². The molecule has 114 valence electrons. The van der Waals surface area contributed by atoms with Crippen LogP contribution < -0.4 is 22.3 Å². The van der Waals surface area contributed by atoms with Crippen LogP contribution in [0.1, 0.15) is 5.56 Å². The molecule has 0 radical (unpaired) electrons. The quantitative estimate of drug-likeness (QED) is 0.636. The maximum absolute atomic E-state index is 11.8. The number of hydrogen-bond acceptors (Lipinski definition) is 6. The van der Waals surface area contributed by atoms with E-state index in [0.29, 0.717) is 13.2 Å². The largest absolute Gasteiger partial charge is 0.383 e. The zero-order chi connectivity index (χ0) is 15.4. The van der Waals surface area contributed by atoms with E-state index in [4.69, 9.17) is 10.5 Å². The number of H-pyrrole nitrogens is 1. The van der Waals surface area contributed by atoms with Gasteiger partial charge in [0.1, 0.15) is 11.5 Å². The molecule has 0 aliphatic carbocycles. The van der Waals surface area contributed by atoms with Gasteiger partial charge in [0.05, 0.1) is 19.3 Å². The number of rotatable bonds is 6. The molecule has 2 aromatic heterocycles. The minimum Gasteiger partial charge on any atom is -0.383 e. The van der Waals surface area contributed by atoms with Crippen LogP contribution in [0, 0.1) is 0 Å². The van der Waals surface area contributed by atoms with Crippen molar-refractivity contribution in [1.29, 1.82) is 0 Å². The van der Waals surface area contributed by atoms with Crippen molar-refractivity contribution in [3.8, 4) is 0 Å². The standard InChI is InChI=1S/C12H18N6O3/c1-17-7-8(6-15-17)5-14-9-10(13)18(3-4-21-2)12(20)16-11(9)19/h6-7,14H,3-5,13H2,1-2H3,(H,16,19,20). The molecule has 0 saturated heterocycles. The molecule has 0 unspecified atom stereocenters. The van der Waals surface area contributed by atoms with Crippen molar-refractivity contribution >= 4 is 11.5 Å². The summed E-state index contributed by atoms with van der Waals surface area (Å²) >= 11 is 0. The third-order valence-corrected chi connectivity index (χ3v) is 2.99. The fraction of sp³-hybridized carbons (Fsp3) is 0.417. The molecule has 0 atom stereocenters. The number of nitrogen functional groups attached to an aromatic ring is 1. The van der Waals surface area contributed by atoms with Crippen LogP contribution in [0.3, 0.4) is 0 Å². The predicted octanol–water partition coefficient (Wildman–Crippen LogP) is -0.889. The van der Waals surface area contributed by atoms with Crippen molar-refractivity contribution in [2.45, 2.75) is 13.1 Å². The number of aryl methyl sites for hydroxylation is 1. The molecule has 2 heterocycles. The molecule has 4 N–H and O–H groups in total. The Hall–Kier alpha value is -2.55. The first kappa shape index (κ1) is 14.9. The van der Waals surface area contributed by atoms with Crippen LogP contribution in [0.4, 0.5) is 11.5 Å². The summed E-state index contributed by atoms with van der Waals surface area (Å²) in [7, 11) is 3.32. The van der Waals surface area contributed by atoms with Crippen LogP contribution in [0.2, 0.25) is 0 Å². The summed E-state index contributed by atoms with van der Waals surface area (Å²) in [4.78, 5) is 25.8. The second-order valence-electron chi connectivity index (χ2n) is 4.54. The highest BCUT2D eigenvalue weighted by atomic mass is 16.5. The van der Waals surface area contributed by atoms with Crippen LogP contribution in [0.25, 0.3) is 0 Å². The SMILES string of the molecule is COCCn1c(N)c(NCc2cnn(C)c2)c(=O)[nH]c1=O. The highest BCUT2D eigenvalue weighted by Crippen LogP contribution is 2.11. The van der Waals surface area contributed by atoms with Crippen molar-refractivity contribution in [3.05, 3.63) is 38.8 Å². The van der Waals surface area contributed by atoms with Crippen molar-refractivity contribution in [3.63, 3.8) is 0 Å². The van der Waals surface area contributed by atoms with Crippen molar-refractivity contribution < 1.29 is 4.74 Å². The first-order valence-electron chi connectivity index (χ1n) is 6.36. The van der Waals surface area contributed by atoms with Crippen LogP contribution in [0.5, 0.6) is 0 Å². The molecule has 0 spiro atoms. The van der Waals surface area contributed by atoms with Crippen molar-refractivity contribution in [2.75, 3.05) is 24.8 Å². The van der Waals surface area contributed by atoms with Gasteiger partial charge in [0.15, 0.2) is 0 Å². The third-order valence-electron chi connectivity index (χ3n) is 2.99. The van der Waals surface area contributed by atoms with Crippen molar-refractivity contribution in [1.82, 2.24) is 19.3 Å². The first-order valence-corrected chi connectivity index (χ1v) is 6.36. The second-order valence-corrected chi connectivity index (χ2v) is 4.54. The fourth-order valence-corrected chi connectivity index (χ4v) is 1.92. The third kappa shape index (κ3) is 3.31. The Labute approximate surface area is 120 Å². The number of nitrogens with two attached hydrogens (primary N) is 1. The maximum atomic E-state index is 11.8. The van der Waals surface area contributed by atoms with Gasteiger partial charge in [0, 0.05) is 32.5 Å². The molecule has 0 aliphatic rings. The second kappa shape index (κ2) is 6.27. The molecule has 0 aromatic carbocycles. The summed E-state index contributed by atoms with van der Waals surface area (Å²) < 4.78 is 7.84. The lowest BCUT2D eigenvalue weighted by molar-refractivity contribution is 0.186. The van der Waals surface area contributed by atoms with Gasteiger partial charge in [-0.05, 0) is 0 Å². The van der Waals surface area contributed by atoms with Gasteiger partial charge >= 0.3 is 5.69 Å². The maximum Gasteiger partial charge on any atom is 0.330 e. The lowest BCUT2D eigenvalue weighted by Gasteiger charge is -2.13. The molecule has 9 nitrogen and oxygen atoms in total. The fourth-order valence-electron chi connectivity index (χ4n) is 1.92. The van der Waals surface area contributed by atoms with Crippen molar-refractivity contribution in [2.24, 2.45) is 7.05 Å². The lowest BCUT2D eigenvalue weighted by atomic mass is 10.3. The zero-order valence-corrected chi connectivity index (χ0v) is 11.9. The Morgan fingerprint density at radius 2 is 2.24 bits per heavy atom. The summed E-state index contributed by atoms with van der Waals surface area (Å²) in [6.07, 6.45) is 3.50. The van der Waals surface area contributed by atoms with E-state index in [1.807, 2.05) is 6.20 Å². The Morgan fingerprint density at radius 1 is 1.48 bits per heavy atom. The van der Waals surface area contributed by atoms with E-state index in [1.165, 1.54) is 11.7 Å². The number of anilines is 2. The Kier molecular flexibility index (Phi) is 4.43. The smallest absolute Gasteiger partial charge is 0.330 e. The molecule has 2 aromatic rings. The van der Waals surface area contributed by atoms with E-state index >= 15 is 0 Å². The van der Waals surface area contributed by atoms with E-state index in [9.17, 15) is 9.59 Å². The molecule has 0 bridgehead atoms. The normalized spacial score (nSPS) is 10.8. The van der Waals surface area contributed by atoms with Crippen LogP contribution in [-0.2, 0) is 24.9 Å². The number of aromatic nitrogens is 4. The number of hydrogen-bond donors (Lipinski definition) is 3. The summed E-state index contributed by atoms with van der Waals surface area (Å²) in [5, 5.41) is 6.97. The summed E-state index contributed by atoms with van der Waals surface area (Å²) in [6, 6.07) is 0. The van der Waals surface area contributed by atoms with Gasteiger partial charge in [0.25, 0.3) is 5.56 Å². The highest BCUT2D eigenvalue weighted by molar-refractivity contribution is 5.60. The molecule has 0 aliphatic heterocycles. The number of methoxy groups -OCH3 is 1. The molecule has 9 heteroatoms. The topological polar surface area (TPSA) is 120 Å². The summed E-state index contributed by atoms with van der Waals surface area (Å²) in [5.74, 6) is 0.0877. The van der Waals surface area contributed by atoms with E-state index in [0.717, 1.165) is 5.56 Å². The van der Waals surface area contributed by atoms with Gasteiger partial charge in [-0.1, -0.05) is 0 Å². The monoisotopic (exact) mass is 294 g/mol. The molecule has 0 saturated carbocycles. The van der Waals surface area contributed by atoms with Gasteiger partial charge in [-0.25, -0.2) is 4.79 Å². The van der Waals surface area contributed by atoms with E-state index < -0.39 is 11.2 Å². The van der Waals surface area contributed by atoms with Crippen LogP contribution >= 0.6 is 0 Å². The molecule has 21 heavy (non-hydrogen) atoms. The summed E-state index contributed by atoms with van der Waals surface area (Å²) in [6.45, 7) is 0.960. The van der Waals surface area contributed by atoms with Gasteiger partial charge in [-0.2, -0.15) is 5.10 Å². The lowest BCUT2D eigenvalue weighted by Crippen LogP contribution is -2.34. The minimum absolute atomic E-state index is 0.0877. The van der Waals surface area contributed by atoms with E-state index in [-0.39, 0.29) is 18.1 Å². The Balaban J connectivity index is 2.26. The predicted molar refractivity (Wildman–Crippen MR) is 78.1 cm³/mol. The number of ether oxygens (including phenoxy) is 1. The average molecular weight is 294 g/mol. The first-order chi connectivity index (χ1) is 10.0. The van der Waals surface area contributed by atoms with E-state index in [1.54, 1.807) is 17.9 Å². The van der Waals surface area contributed by atoms with Crippen LogP contribution in [-0.4, -0.2) is 33.0 Å². The molecular weight excluding hydrogens is 276 g/mol. The Morgan fingerprint density at radius 3 is 2.86 bits per heavy atom.